The lowest BCUT2D eigenvalue weighted by atomic mass is 10.1. The molecular formula is C12H16FNO5S. The van der Waals surface area contributed by atoms with Gasteiger partial charge in [0.2, 0.25) is 10.0 Å². The predicted octanol–water partition coefficient (Wildman–Crippen LogP) is 1.22. The van der Waals surface area contributed by atoms with E-state index < -0.39 is 33.8 Å². The highest BCUT2D eigenvalue weighted by atomic mass is 32.2. The number of rotatable bonds is 6. The van der Waals surface area contributed by atoms with Gasteiger partial charge >= 0.3 is 5.97 Å². The van der Waals surface area contributed by atoms with Crippen molar-refractivity contribution in [2.75, 3.05) is 7.11 Å². The fraction of sp³-hybridized carbons (Fsp3) is 0.417. The van der Waals surface area contributed by atoms with Crippen LogP contribution in [0.2, 0.25) is 0 Å². The smallest absolute Gasteiger partial charge is 0.322 e. The molecule has 0 saturated carbocycles. The van der Waals surface area contributed by atoms with Crippen LogP contribution in [0, 0.1) is 11.7 Å². The standard InChI is InChI=1S/C12H16FNO5S/c1-7(2)11(12(15)16)14-20(17,18)8-4-5-10(19-3)9(13)6-8/h4-7,11,14H,1-3H3,(H,15,16)/t11-/m0/s1. The summed E-state index contributed by atoms with van der Waals surface area (Å²) in [5, 5.41) is 8.97. The molecule has 20 heavy (non-hydrogen) atoms. The summed E-state index contributed by atoms with van der Waals surface area (Å²) in [6.45, 7) is 3.13. The van der Waals surface area contributed by atoms with Crippen LogP contribution in [0.1, 0.15) is 13.8 Å². The number of benzene rings is 1. The number of hydrogen-bond donors (Lipinski definition) is 2. The number of sulfonamides is 1. The second kappa shape index (κ2) is 6.19. The molecule has 8 heteroatoms. The molecule has 1 rings (SSSR count). The number of methoxy groups -OCH3 is 1. The van der Waals surface area contributed by atoms with Crippen molar-refractivity contribution < 1.29 is 27.4 Å². The van der Waals surface area contributed by atoms with Crippen LogP contribution in [-0.4, -0.2) is 32.6 Å². The van der Waals surface area contributed by atoms with Crippen molar-refractivity contribution in [2.45, 2.75) is 24.8 Å². The van der Waals surface area contributed by atoms with E-state index in [9.17, 15) is 17.6 Å². The van der Waals surface area contributed by atoms with Crippen LogP contribution in [0.3, 0.4) is 0 Å². The van der Waals surface area contributed by atoms with E-state index >= 15 is 0 Å². The summed E-state index contributed by atoms with van der Waals surface area (Å²) in [4.78, 5) is 10.6. The lowest BCUT2D eigenvalue weighted by Crippen LogP contribution is -2.44. The Morgan fingerprint density at radius 3 is 2.40 bits per heavy atom. The maximum absolute atomic E-state index is 13.5. The lowest BCUT2D eigenvalue weighted by Gasteiger charge is -2.18. The summed E-state index contributed by atoms with van der Waals surface area (Å²) in [6, 6.07) is 1.80. The van der Waals surface area contributed by atoms with Gasteiger partial charge in [-0.2, -0.15) is 4.72 Å². The van der Waals surface area contributed by atoms with E-state index in [1.54, 1.807) is 13.8 Å². The van der Waals surface area contributed by atoms with Gasteiger partial charge in [-0.1, -0.05) is 13.8 Å². The Hall–Kier alpha value is -1.67. The van der Waals surface area contributed by atoms with Crippen LogP contribution in [0.25, 0.3) is 0 Å². The molecule has 0 spiro atoms. The van der Waals surface area contributed by atoms with E-state index in [1.165, 1.54) is 7.11 Å². The Morgan fingerprint density at radius 1 is 1.40 bits per heavy atom. The molecule has 0 fully saturated rings. The summed E-state index contributed by atoms with van der Waals surface area (Å²) >= 11 is 0. The average Bonchev–Trinajstić information content (AvgIpc) is 2.35. The molecule has 1 aromatic rings. The van der Waals surface area contributed by atoms with Gasteiger partial charge in [0, 0.05) is 0 Å². The molecule has 0 radical (unpaired) electrons. The van der Waals surface area contributed by atoms with Gasteiger partial charge in [-0.05, 0) is 24.1 Å². The summed E-state index contributed by atoms with van der Waals surface area (Å²) < 4.78 is 44.3. The quantitative estimate of drug-likeness (QED) is 0.824. The zero-order valence-electron chi connectivity index (χ0n) is 11.3. The first kappa shape index (κ1) is 16.4. The van der Waals surface area contributed by atoms with E-state index in [0.717, 1.165) is 18.2 Å². The number of hydrogen-bond acceptors (Lipinski definition) is 4. The maximum Gasteiger partial charge on any atom is 0.322 e. The molecule has 0 aliphatic rings. The third-order valence-corrected chi connectivity index (χ3v) is 4.09. The van der Waals surface area contributed by atoms with Gasteiger partial charge in [-0.25, -0.2) is 12.8 Å². The van der Waals surface area contributed by atoms with E-state index in [4.69, 9.17) is 5.11 Å². The van der Waals surface area contributed by atoms with Crippen molar-refractivity contribution in [1.82, 2.24) is 4.72 Å². The minimum atomic E-state index is -4.12. The number of halogens is 1. The van der Waals surface area contributed by atoms with Crippen molar-refractivity contribution in [3.05, 3.63) is 24.0 Å². The van der Waals surface area contributed by atoms with Crippen LogP contribution in [0.15, 0.2) is 23.1 Å². The van der Waals surface area contributed by atoms with Crippen LogP contribution in [0.4, 0.5) is 4.39 Å². The molecule has 6 nitrogen and oxygen atoms in total. The summed E-state index contributed by atoms with van der Waals surface area (Å²) in [5.41, 5.74) is 0. The molecule has 0 aliphatic carbocycles. The Balaban J connectivity index is 3.11. The molecular weight excluding hydrogens is 289 g/mol. The lowest BCUT2D eigenvalue weighted by molar-refractivity contribution is -0.140. The molecule has 1 aromatic carbocycles. The molecule has 0 aromatic heterocycles. The molecule has 1 atom stereocenters. The summed E-state index contributed by atoms with van der Waals surface area (Å²) in [6.07, 6.45) is 0. The summed E-state index contributed by atoms with van der Waals surface area (Å²) in [7, 11) is -2.87. The van der Waals surface area contributed by atoms with Gasteiger partial charge in [0.25, 0.3) is 0 Å². The highest BCUT2D eigenvalue weighted by Crippen LogP contribution is 2.21. The van der Waals surface area contributed by atoms with Gasteiger partial charge < -0.3 is 9.84 Å². The highest BCUT2D eigenvalue weighted by Gasteiger charge is 2.28. The van der Waals surface area contributed by atoms with E-state index in [-0.39, 0.29) is 10.6 Å². The van der Waals surface area contributed by atoms with Crippen molar-refractivity contribution in [2.24, 2.45) is 5.92 Å². The Labute approximate surface area is 116 Å². The maximum atomic E-state index is 13.5. The number of nitrogens with one attached hydrogen (secondary N) is 1. The van der Waals surface area contributed by atoms with Gasteiger partial charge in [0.05, 0.1) is 12.0 Å². The fourth-order valence-electron chi connectivity index (χ4n) is 1.52. The minimum Gasteiger partial charge on any atom is -0.494 e. The van der Waals surface area contributed by atoms with Gasteiger partial charge in [0.15, 0.2) is 11.6 Å². The zero-order chi connectivity index (χ0) is 15.5. The van der Waals surface area contributed by atoms with Crippen LogP contribution < -0.4 is 9.46 Å². The SMILES string of the molecule is COc1ccc(S(=O)(=O)N[C@H](C(=O)O)C(C)C)cc1F. The molecule has 0 unspecified atom stereocenters. The Kier molecular flexibility index (Phi) is 5.07. The Morgan fingerprint density at radius 2 is 2.00 bits per heavy atom. The second-order valence-electron chi connectivity index (χ2n) is 4.48. The van der Waals surface area contributed by atoms with Crippen molar-refractivity contribution >= 4 is 16.0 Å². The second-order valence-corrected chi connectivity index (χ2v) is 6.19. The predicted molar refractivity (Wildman–Crippen MR) is 69.5 cm³/mol. The molecule has 0 heterocycles. The molecule has 0 bridgehead atoms. The van der Waals surface area contributed by atoms with E-state index in [2.05, 4.69) is 4.74 Å². The van der Waals surface area contributed by atoms with Crippen molar-refractivity contribution in [3.63, 3.8) is 0 Å². The number of aliphatic carboxylic acids is 1. The van der Waals surface area contributed by atoms with Gasteiger partial charge in [-0.15, -0.1) is 0 Å². The highest BCUT2D eigenvalue weighted by molar-refractivity contribution is 7.89. The van der Waals surface area contributed by atoms with Crippen LogP contribution in [0.5, 0.6) is 5.75 Å². The number of carboxylic acids is 1. The average molecular weight is 305 g/mol. The normalized spacial score (nSPS) is 13.2. The molecule has 0 aliphatic heterocycles. The minimum absolute atomic E-state index is 0.0948. The molecule has 0 saturated heterocycles. The van der Waals surface area contributed by atoms with Crippen molar-refractivity contribution in [3.8, 4) is 5.75 Å². The topological polar surface area (TPSA) is 92.7 Å². The monoisotopic (exact) mass is 305 g/mol. The molecule has 0 amide bonds. The van der Waals surface area contributed by atoms with E-state index in [0.29, 0.717) is 0 Å². The third kappa shape index (κ3) is 3.67. The third-order valence-electron chi connectivity index (χ3n) is 2.65. The molecule has 2 N–H and O–H groups in total. The van der Waals surface area contributed by atoms with Crippen molar-refractivity contribution in [1.29, 1.82) is 0 Å². The van der Waals surface area contributed by atoms with Gasteiger partial charge in [-0.3, -0.25) is 4.79 Å². The Bertz CT molecular complexity index is 600. The largest absolute Gasteiger partial charge is 0.494 e. The number of carboxylic acid groups (broad SMARTS) is 1. The molecule has 112 valence electrons. The van der Waals surface area contributed by atoms with E-state index in [1.807, 2.05) is 4.72 Å². The number of ether oxygens (including phenoxy) is 1. The summed E-state index contributed by atoms with van der Waals surface area (Å²) in [5.74, 6) is -2.68. The zero-order valence-corrected chi connectivity index (χ0v) is 12.1. The van der Waals surface area contributed by atoms with Gasteiger partial charge in [0.1, 0.15) is 6.04 Å². The first-order chi connectivity index (χ1) is 9.19. The number of carbonyl (C=O) groups is 1. The first-order valence-electron chi connectivity index (χ1n) is 5.77. The van der Waals surface area contributed by atoms with Crippen LogP contribution in [-0.2, 0) is 14.8 Å². The van der Waals surface area contributed by atoms with Crippen LogP contribution >= 0.6 is 0 Å². The first-order valence-corrected chi connectivity index (χ1v) is 7.26. The fourth-order valence-corrected chi connectivity index (χ4v) is 2.87.